The Morgan fingerprint density at radius 1 is 1.22 bits per heavy atom. The van der Waals surface area contributed by atoms with Crippen molar-refractivity contribution in [2.24, 2.45) is 5.41 Å². The molecule has 2 aromatic heterocycles. The van der Waals surface area contributed by atoms with Gasteiger partial charge in [-0.05, 0) is 25.0 Å². The van der Waals surface area contributed by atoms with Crippen LogP contribution in [-0.2, 0) is 6.18 Å². The third-order valence-corrected chi connectivity index (χ3v) is 5.15. The van der Waals surface area contributed by atoms with Gasteiger partial charge in [-0.3, -0.25) is 0 Å². The number of pyridine rings is 1. The molecule has 11 heteroatoms. The first-order valence-corrected chi connectivity index (χ1v) is 8.36. The number of nitrogens with zero attached hydrogens (tertiary/aromatic N) is 5. The van der Waals surface area contributed by atoms with E-state index >= 15 is 0 Å². The van der Waals surface area contributed by atoms with Crippen LogP contribution in [0.15, 0.2) is 22.9 Å². The van der Waals surface area contributed by atoms with Crippen LogP contribution in [0.25, 0.3) is 11.4 Å². The van der Waals surface area contributed by atoms with Crippen LogP contribution in [-0.4, -0.2) is 57.4 Å². The zero-order valence-electron chi connectivity index (χ0n) is 14.1. The Kier molecular flexibility index (Phi) is 3.97. The summed E-state index contributed by atoms with van der Waals surface area (Å²) in [7, 11) is 0. The van der Waals surface area contributed by atoms with Gasteiger partial charge in [0.05, 0.1) is 0 Å². The van der Waals surface area contributed by atoms with Crippen LogP contribution in [0.2, 0.25) is 0 Å². The Hall–Kier alpha value is -2.85. The number of aromatic nitrogens is 3. The van der Waals surface area contributed by atoms with Crippen LogP contribution in [0.4, 0.5) is 23.8 Å². The van der Waals surface area contributed by atoms with Crippen LogP contribution in [0, 0.1) is 5.41 Å². The molecule has 2 aliphatic rings. The lowest BCUT2D eigenvalue weighted by Gasteiger charge is -2.54. The highest BCUT2D eigenvalue weighted by molar-refractivity contribution is 5.65. The van der Waals surface area contributed by atoms with Gasteiger partial charge >= 0.3 is 18.2 Å². The minimum absolute atomic E-state index is 0.113. The van der Waals surface area contributed by atoms with Crippen LogP contribution >= 0.6 is 0 Å². The van der Waals surface area contributed by atoms with Gasteiger partial charge < -0.3 is 19.4 Å². The summed E-state index contributed by atoms with van der Waals surface area (Å²) in [6.07, 6.45) is -2.51. The van der Waals surface area contributed by atoms with E-state index in [9.17, 15) is 18.0 Å². The molecule has 27 heavy (non-hydrogen) atoms. The number of hydrogen-bond acceptors (Lipinski definition) is 6. The third kappa shape index (κ3) is 3.28. The maximum absolute atomic E-state index is 12.5. The Morgan fingerprint density at radius 3 is 2.44 bits per heavy atom. The number of likely N-dealkylation sites (tertiary alicyclic amines) is 1. The van der Waals surface area contributed by atoms with Crippen molar-refractivity contribution in [1.29, 1.82) is 0 Å². The molecule has 4 heterocycles. The van der Waals surface area contributed by atoms with E-state index in [4.69, 9.17) is 5.11 Å². The second-order valence-electron chi connectivity index (χ2n) is 6.95. The van der Waals surface area contributed by atoms with Crippen molar-refractivity contribution < 1.29 is 27.6 Å². The molecule has 0 radical (unpaired) electrons. The van der Waals surface area contributed by atoms with Crippen molar-refractivity contribution in [3.8, 4) is 11.4 Å². The molecule has 144 valence electrons. The standard InChI is InChI=1S/C16H16F3N5O3/c17-16(18,19)13-21-12(22-27-13)10-1-2-11(20-7-10)24-8-15(9-24)3-5-23(6-4-15)14(25)26/h1-2,7H,3-6,8-9H2,(H,25,26). The van der Waals surface area contributed by atoms with Crippen LogP contribution in [0.3, 0.4) is 0 Å². The first-order valence-electron chi connectivity index (χ1n) is 8.36. The number of carbonyl (C=O) groups is 1. The number of rotatable bonds is 2. The molecular formula is C16H16F3N5O3. The molecule has 8 nitrogen and oxygen atoms in total. The zero-order chi connectivity index (χ0) is 19.2. The molecule has 2 aromatic rings. The maximum atomic E-state index is 12.5. The molecule has 2 aliphatic heterocycles. The summed E-state index contributed by atoms with van der Waals surface area (Å²) in [5.74, 6) is -0.842. The van der Waals surface area contributed by atoms with E-state index < -0.39 is 18.2 Å². The van der Waals surface area contributed by atoms with E-state index in [0.29, 0.717) is 24.5 Å². The number of piperidine rings is 1. The molecule has 0 bridgehead atoms. The van der Waals surface area contributed by atoms with Gasteiger partial charge in [-0.15, -0.1) is 0 Å². The van der Waals surface area contributed by atoms with Crippen LogP contribution < -0.4 is 4.90 Å². The molecule has 1 N–H and O–H groups in total. The molecule has 0 aromatic carbocycles. The quantitative estimate of drug-likeness (QED) is 0.852. The van der Waals surface area contributed by atoms with Gasteiger partial charge in [0.2, 0.25) is 5.82 Å². The normalized spacial score (nSPS) is 19.2. The Morgan fingerprint density at radius 2 is 1.93 bits per heavy atom. The predicted octanol–water partition coefficient (Wildman–Crippen LogP) is 2.73. The number of halogens is 3. The monoisotopic (exact) mass is 383 g/mol. The van der Waals surface area contributed by atoms with Crippen LogP contribution in [0.5, 0.6) is 0 Å². The number of carboxylic acid groups (broad SMARTS) is 1. The summed E-state index contributed by atoms with van der Waals surface area (Å²) in [6.45, 7) is 2.64. The fraction of sp³-hybridized carbons (Fsp3) is 0.500. The second-order valence-corrected chi connectivity index (χ2v) is 6.95. The Labute approximate surface area is 151 Å². The second kappa shape index (κ2) is 6.10. The van der Waals surface area contributed by atoms with Crippen molar-refractivity contribution >= 4 is 11.9 Å². The lowest BCUT2D eigenvalue weighted by molar-refractivity contribution is -0.159. The summed E-state index contributed by atoms with van der Waals surface area (Å²) in [4.78, 5) is 22.1. The number of amides is 1. The van der Waals surface area contributed by atoms with Gasteiger partial charge in [0.1, 0.15) is 5.82 Å². The lowest BCUT2D eigenvalue weighted by Crippen LogP contribution is -2.61. The van der Waals surface area contributed by atoms with Crippen molar-refractivity contribution in [2.45, 2.75) is 19.0 Å². The highest BCUT2D eigenvalue weighted by atomic mass is 19.4. The van der Waals surface area contributed by atoms with Gasteiger partial charge in [-0.25, -0.2) is 9.78 Å². The van der Waals surface area contributed by atoms with Gasteiger partial charge in [-0.1, -0.05) is 5.16 Å². The first kappa shape index (κ1) is 17.6. The smallest absolute Gasteiger partial charge is 0.465 e. The van der Waals surface area contributed by atoms with Gasteiger partial charge in [-0.2, -0.15) is 18.2 Å². The molecule has 1 amide bonds. The van der Waals surface area contributed by atoms with E-state index in [-0.39, 0.29) is 11.2 Å². The van der Waals surface area contributed by atoms with Gasteiger partial charge in [0.15, 0.2) is 0 Å². The van der Waals surface area contributed by atoms with E-state index in [0.717, 1.165) is 25.9 Å². The minimum atomic E-state index is -4.68. The van der Waals surface area contributed by atoms with E-state index in [1.807, 2.05) is 0 Å². The number of anilines is 1. The zero-order valence-corrected chi connectivity index (χ0v) is 14.1. The van der Waals surface area contributed by atoms with E-state index in [1.165, 1.54) is 11.1 Å². The topological polar surface area (TPSA) is 95.6 Å². The largest absolute Gasteiger partial charge is 0.471 e. The van der Waals surface area contributed by atoms with Crippen LogP contribution in [0.1, 0.15) is 18.7 Å². The van der Waals surface area contributed by atoms with E-state index in [2.05, 4.69) is 24.5 Å². The van der Waals surface area contributed by atoms with Crippen molar-refractivity contribution in [3.63, 3.8) is 0 Å². The lowest BCUT2D eigenvalue weighted by atomic mass is 9.72. The third-order valence-electron chi connectivity index (χ3n) is 5.15. The van der Waals surface area contributed by atoms with Gasteiger partial charge in [0.25, 0.3) is 0 Å². The Balaban J connectivity index is 1.38. The maximum Gasteiger partial charge on any atom is 0.471 e. The molecule has 4 rings (SSSR count). The molecular weight excluding hydrogens is 367 g/mol. The minimum Gasteiger partial charge on any atom is -0.465 e. The molecule has 0 unspecified atom stereocenters. The summed E-state index contributed by atoms with van der Waals surface area (Å²) in [5.41, 5.74) is 0.449. The molecule has 0 saturated carbocycles. The molecule has 2 saturated heterocycles. The van der Waals surface area contributed by atoms with Crippen molar-refractivity contribution in [3.05, 3.63) is 24.2 Å². The summed E-state index contributed by atoms with van der Waals surface area (Å²) in [6, 6.07) is 3.31. The summed E-state index contributed by atoms with van der Waals surface area (Å²) >= 11 is 0. The number of hydrogen-bond donors (Lipinski definition) is 1. The SMILES string of the molecule is O=C(O)N1CCC2(CC1)CN(c1ccc(-c3noc(C(F)(F)F)n3)cn1)C2. The molecule has 1 spiro atoms. The fourth-order valence-electron chi connectivity index (χ4n) is 3.58. The predicted molar refractivity (Wildman–Crippen MR) is 86.0 cm³/mol. The average Bonchev–Trinajstić information content (AvgIpc) is 3.10. The summed E-state index contributed by atoms with van der Waals surface area (Å²) < 4.78 is 41.8. The van der Waals surface area contributed by atoms with Crippen molar-refractivity contribution in [1.82, 2.24) is 20.0 Å². The highest BCUT2D eigenvalue weighted by Gasteiger charge is 2.46. The molecule has 0 atom stereocenters. The van der Waals surface area contributed by atoms with E-state index in [1.54, 1.807) is 12.1 Å². The van der Waals surface area contributed by atoms with Gasteiger partial charge in [0, 0.05) is 43.4 Å². The average molecular weight is 383 g/mol. The van der Waals surface area contributed by atoms with Crippen molar-refractivity contribution in [2.75, 3.05) is 31.1 Å². The Bertz CT molecular complexity index is 836. The first-order chi connectivity index (χ1) is 12.8. The molecule has 0 aliphatic carbocycles. The summed E-state index contributed by atoms with van der Waals surface area (Å²) in [5, 5.41) is 12.4. The highest BCUT2D eigenvalue weighted by Crippen LogP contribution is 2.42. The molecule has 2 fully saturated rings. The fourth-order valence-corrected chi connectivity index (χ4v) is 3.58. The number of alkyl halides is 3.